The van der Waals surface area contributed by atoms with Crippen LogP contribution in [0, 0.1) is 0 Å². The van der Waals surface area contributed by atoms with Crippen molar-refractivity contribution in [1.82, 2.24) is 10.2 Å². The number of thiophene rings is 2. The minimum atomic E-state index is -0.509. The van der Waals surface area contributed by atoms with E-state index in [9.17, 15) is 33.9 Å². The molecule has 0 unspecified atom stereocenters. The van der Waals surface area contributed by atoms with E-state index in [-0.39, 0.29) is 47.0 Å². The quantitative estimate of drug-likeness (QED) is 0.139. The fourth-order valence-corrected chi connectivity index (χ4v) is 7.03. The van der Waals surface area contributed by atoms with Crippen LogP contribution in [-0.2, 0) is 13.2 Å². The number of aliphatic hydroxyl groups excluding tert-OH is 1. The molecule has 5 aromatic rings. The number of imide groups is 2. The maximum atomic E-state index is 13.0. The van der Waals surface area contributed by atoms with Gasteiger partial charge in [0.1, 0.15) is 0 Å². The predicted octanol–water partition coefficient (Wildman–Crippen LogP) is 6.48. The smallest absolute Gasteiger partial charge is 0.265 e. The van der Waals surface area contributed by atoms with E-state index in [0.29, 0.717) is 29.7 Å². The summed E-state index contributed by atoms with van der Waals surface area (Å²) in [7, 11) is 0. The van der Waals surface area contributed by atoms with Crippen LogP contribution in [0.25, 0.3) is 0 Å². The summed E-state index contributed by atoms with van der Waals surface area (Å²) >= 11 is 13.9. The van der Waals surface area contributed by atoms with Gasteiger partial charge >= 0.3 is 0 Å². The van der Waals surface area contributed by atoms with Crippen LogP contribution < -0.4 is 16.0 Å². The largest absolute Gasteiger partial charge is 0.392 e. The molecule has 0 spiro atoms. The molecule has 0 atom stereocenters. The summed E-state index contributed by atoms with van der Waals surface area (Å²) in [6.45, 7) is -0.0486. The Kier molecular flexibility index (Phi) is 9.72. The van der Waals surface area contributed by atoms with Gasteiger partial charge in [0.25, 0.3) is 35.4 Å². The molecule has 0 saturated carbocycles. The van der Waals surface area contributed by atoms with E-state index >= 15 is 0 Å². The minimum Gasteiger partial charge on any atom is -0.392 e. The maximum absolute atomic E-state index is 13.0. The number of rotatable bonds is 7. The van der Waals surface area contributed by atoms with Gasteiger partial charge < -0.3 is 15.7 Å². The molecular formula is C34H22Cl2N4O7S2. The second kappa shape index (κ2) is 14.1. The number of fused-ring (bicyclic) bond motifs is 2. The monoisotopic (exact) mass is 732 g/mol. The molecule has 246 valence electrons. The highest BCUT2D eigenvalue weighted by molar-refractivity contribution is 7.18. The van der Waals surface area contributed by atoms with Crippen LogP contribution in [-0.4, -0.2) is 45.4 Å². The number of hydrogen-bond acceptors (Lipinski definition) is 9. The van der Waals surface area contributed by atoms with Crippen molar-refractivity contribution in [3.05, 3.63) is 137 Å². The third kappa shape index (κ3) is 7.02. The number of nitrogens with zero attached hydrogens (tertiary/aromatic N) is 1. The summed E-state index contributed by atoms with van der Waals surface area (Å²) in [6.07, 6.45) is 0. The van der Waals surface area contributed by atoms with E-state index in [1.165, 1.54) is 6.07 Å². The molecule has 2 aliphatic rings. The molecule has 2 aromatic heterocycles. The lowest BCUT2D eigenvalue weighted by atomic mass is 10.1. The SMILES string of the molecule is O=C(Nc1cccc2c1C(=O)N(Cc1cccc(CO)c1)C2=O)c1ccc(Cl)s1.O=C(Nc1cccc2c1C(=O)NC2=O)c1ccc(Cl)s1. The van der Waals surface area contributed by atoms with Crippen molar-refractivity contribution >= 4 is 92.7 Å². The first-order valence-electron chi connectivity index (χ1n) is 14.3. The molecule has 0 fully saturated rings. The number of amides is 6. The summed E-state index contributed by atoms with van der Waals surface area (Å²) in [5.74, 6) is -2.63. The number of halogens is 2. The van der Waals surface area contributed by atoms with Gasteiger partial charge in [0.05, 0.1) is 65.2 Å². The molecule has 0 saturated heterocycles. The number of hydrogen-bond donors (Lipinski definition) is 4. The topological polar surface area (TPSA) is 162 Å². The number of benzene rings is 3. The van der Waals surface area contributed by atoms with E-state index in [1.807, 2.05) is 0 Å². The predicted molar refractivity (Wildman–Crippen MR) is 186 cm³/mol. The summed E-state index contributed by atoms with van der Waals surface area (Å²) in [6, 6.07) is 23.0. The third-order valence-corrected chi connectivity index (χ3v) is 9.83. The Bertz CT molecular complexity index is 2200. The van der Waals surface area contributed by atoms with Crippen LogP contribution in [0.2, 0.25) is 8.67 Å². The maximum Gasteiger partial charge on any atom is 0.265 e. The van der Waals surface area contributed by atoms with Gasteiger partial charge in [-0.05, 0) is 59.7 Å². The molecule has 49 heavy (non-hydrogen) atoms. The van der Waals surface area contributed by atoms with Gasteiger partial charge in [-0.1, -0.05) is 59.6 Å². The van der Waals surface area contributed by atoms with Crippen molar-refractivity contribution in [2.45, 2.75) is 13.2 Å². The number of anilines is 2. The highest BCUT2D eigenvalue weighted by Crippen LogP contribution is 2.32. The summed E-state index contributed by atoms with van der Waals surface area (Å²) in [5, 5.41) is 16.8. The van der Waals surface area contributed by atoms with Gasteiger partial charge in [0.2, 0.25) is 0 Å². The summed E-state index contributed by atoms with van der Waals surface area (Å²) in [4.78, 5) is 75.5. The zero-order valence-electron chi connectivity index (χ0n) is 24.9. The number of aliphatic hydroxyl groups is 1. The molecule has 0 aliphatic carbocycles. The molecule has 0 bridgehead atoms. The van der Waals surface area contributed by atoms with Gasteiger partial charge in [-0.15, -0.1) is 22.7 Å². The lowest BCUT2D eigenvalue weighted by Gasteiger charge is -2.14. The zero-order valence-corrected chi connectivity index (χ0v) is 28.1. The Morgan fingerprint density at radius 3 is 1.80 bits per heavy atom. The van der Waals surface area contributed by atoms with Gasteiger partial charge in [0, 0.05) is 0 Å². The molecular weight excluding hydrogens is 711 g/mol. The summed E-state index contributed by atoms with van der Waals surface area (Å²) < 4.78 is 0.984. The van der Waals surface area contributed by atoms with E-state index in [0.717, 1.165) is 33.1 Å². The van der Waals surface area contributed by atoms with Crippen LogP contribution >= 0.6 is 45.9 Å². The fraction of sp³-hybridized carbons (Fsp3) is 0.0588. The molecule has 4 N–H and O–H groups in total. The highest BCUT2D eigenvalue weighted by Gasteiger charge is 2.38. The average molecular weight is 734 g/mol. The van der Waals surface area contributed by atoms with Crippen molar-refractivity contribution in [3.63, 3.8) is 0 Å². The van der Waals surface area contributed by atoms with E-state index in [2.05, 4.69) is 16.0 Å². The van der Waals surface area contributed by atoms with Crippen molar-refractivity contribution < 1.29 is 33.9 Å². The highest BCUT2D eigenvalue weighted by atomic mass is 35.5. The van der Waals surface area contributed by atoms with Crippen LogP contribution in [0.15, 0.2) is 84.9 Å². The van der Waals surface area contributed by atoms with Gasteiger partial charge in [-0.3, -0.25) is 39.0 Å². The van der Waals surface area contributed by atoms with Crippen LogP contribution in [0.5, 0.6) is 0 Å². The molecule has 3 aromatic carbocycles. The van der Waals surface area contributed by atoms with E-state index in [1.54, 1.807) is 78.9 Å². The van der Waals surface area contributed by atoms with Gasteiger partial charge in [-0.25, -0.2) is 0 Å². The third-order valence-electron chi connectivity index (χ3n) is 7.37. The zero-order chi connectivity index (χ0) is 34.8. The second-order valence-corrected chi connectivity index (χ2v) is 14.0. The van der Waals surface area contributed by atoms with E-state index in [4.69, 9.17) is 23.2 Å². The molecule has 11 nitrogen and oxygen atoms in total. The molecule has 4 heterocycles. The van der Waals surface area contributed by atoms with E-state index < -0.39 is 29.5 Å². The Hall–Kier alpha value is -5.18. The molecule has 0 radical (unpaired) electrons. The average Bonchev–Trinajstić information content (AvgIpc) is 3.85. The summed E-state index contributed by atoms with van der Waals surface area (Å²) in [5.41, 5.74) is 2.88. The first-order chi connectivity index (χ1) is 23.5. The molecule has 6 amide bonds. The Morgan fingerprint density at radius 2 is 1.22 bits per heavy atom. The number of nitrogens with one attached hydrogen (secondary N) is 3. The van der Waals surface area contributed by atoms with Gasteiger partial charge in [0.15, 0.2) is 0 Å². The first kappa shape index (κ1) is 33.7. The van der Waals surface area contributed by atoms with Crippen molar-refractivity contribution in [3.8, 4) is 0 Å². The Morgan fingerprint density at radius 1 is 0.673 bits per heavy atom. The minimum absolute atomic E-state index is 0.0775. The molecule has 7 rings (SSSR count). The van der Waals surface area contributed by atoms with Crippen LogP contribution in [0.4, 0.5) is 11.4 Å². The van der Waals surface area contributed by atoms with Crippen molar-refractivity contribution in [1.29, 1.82) is 0 Å². The van der Waals surface area contributed by atoms with Crippen molar-refractivity contribution in [2.75, 3.05) is 10.6 Å². The Labute approximate surface area is 296 Å². The van der Waals surface area contributed by atoms with Crippen molar-refractivity contribution in [2.24, 2.45) is 0 Å². The van der Waals surface area contributed by atoms with Crippen LogP contribution in [0.1, 0.15) is 71.9 Å². The normalized spacial score (nSPS) is 13.0. The lowest BCUT2D eigenvalue weighted by Crippen LogP contribution is -2.29. The van der Waals surface area contributed by atoms with Crippen LogP contribution in [0.3, 0.4) is 0 Å². The fourth-order valence-electron chi connectivity index (χ4n) is 5.15. The molecule has 2 aliphatic heterocycles. The number of carbonyl (C=O) groups is 6. The Balaban J connectivity index is 0.000000182. The first-order valence-corrected chi connectivity index (χ1v) is 16.7. The standard InChI is InChI=1S/C21H15ClN2O4S.C13H7ClN2O3S/c22-17-8-7-16(29-17)19(26)23-15-6-2-5-14-18(15)21(28)24(20(14)27)10-12-3-1-4-13(9-12)11-25;14-9-5-4-8(20-9)12(18)15-7-3-1-2-6-10(7)13(19)16-11(6)17/h1-9,25H,10-11H2,(H,23,26);1-5H,(H,15,18)(H,16,17,19). The van der Waals surface area contributed by atoms with Gasteiger partial charge in [-0.2, -0.15) is 0 Å². The second-order valence-electron chi connectivity index (χ2n) is 10.5. The number of carbonyl (C=O) groups excluding carboxylic acids is 6. The molecule has 15 heteroatoms. The lowest BCUT2D eigenvalue weighted by molar-refractivity contribution is 0.0641.